The van der Waals surface area contributed by atoms with Gasteiger partial charge in [0, 0.05) is 32.8 Å². The zero-order valence-corrected chi connectivity index (χ0v) is 14.7. The minimum absolute atomic E-state index is 0.178. The van der Waals surface area contributed by atoms with Crippen LogP contribution in [0.15, 0.2) is 24.4 Å². The lowest BCUT2D eigenvalue weighted by atomic mass is 9.89. The normalized spacial score (nSPS) is 20.0. The number of carbonyl (C=O) groups excluding carboxylic acids is 2. The topological polar surface area (TPSA) is 67.2 Å². The summed E-state index contributed by atoms with van der Waals surface area (Å²) < 4.78 is 68.1. The van der Waals surface area contributed by atoms with Gasteiger partial charge in [0.25, 0.3) is 0 Å². The first-order valence-electron chi connectivity index (χ1n) is 8.11. The quantitative estimate of drug-likeness (QED) is 0.634. The number of rotatable bonds is 3. The Balaban J connectivity index is 1.98. The van der Waals surface area contributed by atoms with Gasteiger partial charge in [-0.25, -0.2) is 8.78 Å². The van der Waals surface area contributed by atoms with Crippen LogP contribution in [0.25, 0.3) is 0 Å². The molecule has 2 aromatic rings. The van der Waals surface area contributed by atoms with E-state index in [-0.39, 0.29) is 6.54 Å². The molecule has 1 N–H and O–H groups in total. The summed E-state index contributed by atoms with van der Waals surface area (Å²) in [5, 5.41) is 5.89. The van der Waals surface area contributed by atoms with Crippen LogP contribution < -0.4 is 5.32 Å². The summed E-state index contributed by atoms with van der Waals surface area (Å²) in [6.07, 6.45) is -3.97. The van der Waals surface area contributed by atoms with Gasteiger partial charge in [-0.05, 0) is 12.1 Å². The van der Waals surface area contributed by atoms with Crippen LogP contribution in [0, 0.1) is 17.6 Å². The van der Waals surface area contributed by atoms with E-state index >= 15 is 0 Å². The number of alkyl halides is 3. The molecule has 2 unspecified atom stereocenters. The summed E-state index contributed by atoms with van der Waals surface area (Å²) in [7, 11) is 2.62. The van der Waals surface area contributed by atoms with Gasteiger partial charge >= 0.3 is 6.18 Å². The summed E-state index contributed by atoms with van der Waals surface area (Å²) in [5.74, 6) is -7.09. The van der Waals surface area contributed by atoms with Gasteiger partial charge in [0.15, 0.2) is 11.6 Å². The number of likely N-dealkylation sites (tertiary alicyclic amines) is 1. The number of anilines is 1. The number of amides is 2. The molecule has 1 saturated heterocycles. The maximum Gasteiger partial charge on any atom is 0.419 e. The molecule has 2 heterocycles. The van der Waals surface area contributed by atoms with Crippen LogP contribution in [0.2, 0.25) is 0 Å². The number of hydrogen-bond donors (Lipinski definition) is 1. The van der Waals surface area contributed by atoms with E-state index < -0.39 is 58.4 Å². The molecule has 1 aromatic heterocycles. The molecule has 1 aliphatic heterocycles. The first kappa shape index (κ1) is 19.8. The molecule has 0 spiro atoms. The predicted molar refractivity (Wildman–Crippen MR) is 87.1 cm³/mol. The average molecular weight is 402 g/mol. The van der Waals surface area contributed by atoms with Crippen molar-refractivity contribution in [1.29, 1.82) is 0 Å². The Morgan fingerprint density at radius 3 is 2.57 bits per heavy atom. The van der Waals surface area contributed by atoms with Crippen molar-refractivity contribution in [1.82, 2.24) is 14.7 Å². The maximum atomic E-state index is 13.8. The Labute approximate surface area is 155 Å². The fourth-order valence-electron chi connectivity index (χ4n) is 3.25. The lowest BCUT2D eigenvalue weighted by Crippen LogP contribution is -2.33. The van der Waals surface area contributed by atoms with E-state index in [0.717, 1.165) is 34.0 Å². The lowest BCUT2D eigenvalue weighted by Gasteiger charge is -2.17. The molecule has 0 radical (unpaired) electrons. The second kappa shape index (κ2) is 6.88. The summed E-state index contributed by atoms with van der Waals surface area (Å²) >= 11 is 0. The molecule has 2 amide bonds. The van der Waals surface area contributed by atoms with E-state index in [0.29, 0.717) is 0 Å². The number of aromatic nitrogens is 2. The van der Waals surface area contributed by atoms with Gasteiger partial charge in [-0.2, -0.15) is 18.3 Å². The van der Waals surface area contributed by atoms with Crippen molar-refractivity contribution in [3.63, 3.8) is 0 Å². The number of nitrogens with zero attached hydrogens (tertiary/aromatic N) is 3. The van der Waals surface area contributed by atoms with Gasteiger partial charge in [-0.15, -0.1) is 0 Å². The van der Waals surface area contributed by atoms with E-state index in [4.69, 9.17) is 0 Å². The van der Waals surface area contributed by atoms with E-state index in [1.165, 1.54) is 14.1 Å². The maximum absolute atomic E-state index is 13.8. The molecule has 150 valence electrons. The zero-order valence-electron chi connectivity index (χ0n) is 14.7. The van der Waals surface area contributed by atoms with Crippen LogP contribution in [0.3, 0.4) is 0 Å². The minimum Gasteiger partial charge on any atom is -0.344 e. The molecule has 6 nitrogen and oxygen atoms in total. The molecule has 1 fully saturated rings. The number of aryl methyl sites for hydroxylation is 1. The van der Waals surface area contributed by atoms with Crippen LogP contribution in [0.1, 0.15) is 17.2 Å². The lowest BCUT2D eigenvalue weighted by molar-refractivity contribution is -0.140. The molecule has 28 heavy (non-hydrogen) atoms. The highest BCUT2D eigenvalue weighted by Crippen LogP contribution is 2.40. The Hall–Kier alpha value is -2.98. The van der Waals surface area contributed by atoms with Crippen LogP contribution in [0.4, 0.5) is 27.6 Å². The first-order valence-corrected chi connectivity index (χ1v) is 8.11. The van der Waals surface area contributed by atoms with Gasteiger partial charge < -0.3 is 10.2 Å². The van der Waals surface area contributed by atoms with E-state index in [9.17, 15) is 31.5 Å². The summed E-state index contributed by atoms with van der Waals surface area (Å²) in [5.41, 5.74) is -2.02. The fourth-order valence-corrected chi connectivity index (χ4v) is 3.25. The van der Waals surface area contributed by atoms with Gasteiger partial charge in [0.05, 0.1) is 16.9 Å². The molecule has 0 saturated carbocycles. The van der Waals surface area contributed by atoms with E-state index in [1.54, 1.807) is 0 Å². The van der Waals surface area contributed by atoms with Crippen LogP contribution in [0.5, 0.6) is 0 Å². The van der Waals surface area contributed by atoms with E-state index in [2.05, 4.69) is 10.4 Å². The zero-order chi connectivity index (χ0) is 20.8. The Bertz CT molecular complexity index is 940. The molecule has 2 atom stereocenters. The van der Waals surface area contributed by atoms with Crippen LogP contribution in [-0.2, 0) is 22.8 Å². The van der Waals surface area contributed by atoms with Gasteiger partial charge in [-0.1, -0.05) is 6.07 Å². The molecule has 1 aromatic carbocycles. The van der Waals surface area contributed by atoms with Crippen molar-refractivity contribution in [3.8, 4) is 0 Å². The van der Waals surface area contributed by atoms with Crippen molar-refractivity contribution >= 4 is 17.5 Å². The van der Waals surface area contributed by atoms with Gasteiger partial charge in [-0.3, -0.25) is 14.3 Å². The molecule has 11 heteroatoms. The third-order valence-electron chi connectivity index (χ3n) is 4.52. The van der Waals surface area contributed by atoms with Gasteiger partial charge in [0.2, 0.25) is 11.8 Å². The second-order valence-electron chi connectivity index (χ2n) is 6.49. The highest BCUT2D eigenvalue weighted by Gasteiger charge is 2.49. The Kier molecular flexibility index (Phi) is 4.86. The molecule has 1 aliphatic rings. The number of halogens is 5. The molecule has 3 rings (SSSR count). The number of carbonyl (C=O) groups is 2. The third kappa shape index (κ3) is 3.43. The molecular weight excluding hydrogens is 387 g/mol. The number of likely N-dealkylation sites (N-methyl/N-ethyl adjacent to an activating group) is 1. The standard InChI is InChI=1S/C17H15F5N4O2/c1-25-6-8(14-9(17(20,21)22)7-26(2)24-14)12(16(25)28)15(27)23-11-5-3-4-10(18)13(11)19/h3-5,7-8,12H,6H2,1-2H3,(H,23,27). The van der Waals surface area contributed by atoms with Crippen molar-refractivity contribution in [2.75, 3.05) is 18.9 Å². The second-order valence-corrected chi connectivity index (χ2v) is 6.49. The largest absolute Gasteiger partial charge is 0.419 e. The van der Waals surface area contributed by atoms with Crippen LogP contribution in [-0.4, -0.2) is 40.1 Å². The van der Waals surface area contributed by atoms with Crippen molar-refractivity contribution in [2.24, 2.45) is 13.0 Å². The highest BCUT2D eigenvalue weighted by molar-refractivity contribution is 6.08. The number of benzene rings is 1. The van der Waals surface area contributed by atoms with Crippen molar-refractivity contribution in [3.05, 3.63) is 47.3 Å². The summed E-state index contributed by atoms with van der Waals surface area (Å²) in [6, 6.07) is 3.07. The Morgan fingerprint density at radius 2 is 1.93 bits per heavy atom. The smallest absolute Gasteiger partial charge is 0.344 e. The number of hydrogen-bond acceptors (Lipinski definition) is 3. The van der Waals surface area contributed by atoms with Gasteiger partial charge in [0.1, 0.15) is 5.92 Å². The molecular formula is C17H15F5N4O2. The highest BCUT2D eigenvalue weighted by atomic mass is 19.4. The number of nitrogens with one attached hydrogen (secondary N) is 1. The third-order valence-corrected chi connectivity index (χ3v) is 4.52. The molecule has 0 bridgehead atoms. The average Bonchev–Trinajstić information content (AvgIpc) is 3.12. The summed E-state index contributed by atoms with van der Waals surface area (Å²) in [4.78, 5) is 26.1. The SMILES string of the molecule is CN1CC(c2nn(C)cc2C(F)(F)F)C(C(=O)Nc2cccc(F)c2F)C1=O. The minimum atomic E-state index is -4.73. The van der Waals surface area contributed by atoms with Crippen LogP contribution >= 0.6 is 0 Å². The van der Waals surface area contributed by atoms with Crippen molar-refractivity contribution < 1.29 is 31.5 Å². The van der Waals surface area contributed by atoms with Crippen molar-refractivity contribution in [2.45, 2.75) is 12.1 Å². The monoisotopic (exact) mass is 402 g/mol. The summed E-state index contributed by atoms with van der Waals surface area (Å²) in [6.45, 7) is -0.178. The predicted octanol–water partition coefficient (Wildman–Crippen LogP) is 2.53. The first-order chi connectivity index (χ1) is 13.0. The molecule has 0 aliphatic carbocycles. The Morgan fingerprint density at radius 1 is 1.25 bits per heavy atom. The fraction of sp³-hybridized carbons (Fsp3) is 0.353. The van der Waals surface area contributed by atoms with E-state index in [1.807, 2.05) is 0 Å².